The summed E-state index contributed by atoms with van der Waals surface area (Å²) in [4.78, 5) is 27.4. The van der Waals surface area contributed by atoms with Crippen LogP contribution >= 0.6 is 0 Å². The van der Waals surface area contributed by atoms with Crippen molar-refractivity contribution in [3.8, 4) is 0 Å². The third-order valence-corrected chi connectivity index (χ3v) is 7.17. The number of nitrogens with one attached hydrogen (secondary N) is 1. The standard InChI is InChI=1S/C26H34F3N3O4S/c1-5-19(2)30-25(34)20(3)31(18-21-11-7-6-8-12-21)24(33)15-10-16-32(37(4,35)36)23-14-9-13-22(17-23)26(27,28)29/h6-9,11-14,17,19-20H,5,10,15-16,18H2,1-4H3,(H,30,34)/t19-,20-/m0/s1. The van der Waals surface area contributed by atoms with Crippen molar-refractivity contribution in [1.29, 1.82) is 0 Å². The van der Waals surface area contributed by atoms with Gasteiger partial charge in [0, 0.05) is 25.6 Å². The molecule has 7 nitrogen and oxygen atoms in total. The normalized spacial score (nSPS) is 13.5. The number of benzene rings is 2. The SMILES string of the molecule is CC[C@H](C)NC(=O)[C@H](C)N(Cc1ccccc1)C(=O)CCCN(c1cccc(C(F)(F)F)c1)S(C)(=O)=O. The Morgan fingerprint density at radius 3 is 2.24 bits per heavy atom. The molecule has 0 spiro atoms. The van der Waals surface area contributed by atoms with Crippen LogP contribution in [-0.2, 0) is 32.3 Å². The molecule has 0 aliphatic heterocycles. The fraction of sp³-hybridized carbons (Fsp3) is 0.462. The van der Waals surface area contributed by atoms with E-state index in [1.165, 1.54) is 11.0 Å². The molecule has 2 aromatic carbocycles. The predicted octanol–water partition coefficient (Wildman–Crippen LogP) is 4.58. The second kappa shape index (κ2) is 12.9. The first-order chi connectivity index (χ1) is 17.2. The molecule has 2 aromatic rings. The second-order valence-corrected chi connectivity index (χ2v) is 10.9. The highest BCUT2D eigenvalue weighted by atomic mass is 32.2. The van der Waals surface area contributed by atoms with Gasteiger partial charge in [-0.25, -0.2) is 8.42 Å². The van der Waals surface area contributed by atoms with E-state index in [2.05, 4.69) is 5.32 Å². The van der Waals surface area contributed by atoms with Gasteiger partial charge in [-0.15, -0.1) is 0 Å². The van der Waals surface area contributed by atoms with Gasteiger partial charge >= 0.3 is 6.18 Å². The molecule has 2 amide bonds. The van der Waals surface area contributed by atoms with E-state index >= 15 is 0 Å². The van der Waals surface area contributed by atoms with Crippen LogP contribution in [0.15, 0.2) is 54.6 Å². The molecule has 0 saturated carbocycles. The van der Waals surface area contributed by atoms with Gasteiger partial charge in [0.15, 0.2) is 0 Å². The summed E-state index contributed by atoms with van der Waals surface area (Å²) in [7, 11) is -3.92. The van der Waals surface area contributed by atoms with Crippen molar-refractivity contribution in [1.82, 2.24) is 10.2 Å². The number of alkyl halides is 3. The molecule has 0 unspecified atom stereocenters. The fourth-order valence-corrected chi connectivity index (χ4v) is 4.63. The van der Waals surface area contributed by atoms with Crippen molar-refractivity contribution >= 4 is 27.5 Å². The molecule has 2 rings (SSSR count). The number of sulfonamides is 1. The minimum atomic E-state index is -4.63. The van der Waals surface area contributed by atoms with Crippen LogP contribution in [0.5, 0.6) is 0 Å². The number of carbonyl (C=O) groups excluding carboxylic acids is 2. The Kier molecular flexibility index (Phi) is 10.5. The zero-order valence-corrected chi connectivity index (χ0v) is 22.3. The van der Waals surface area contributed by atoms with Gasteiger partial charge in [0.25, 0.3) is 0 Å². The van der Waals surface area contributed by atoms with Crippen molar-refractivity contribution in [2.24, 2.45) is 0 Å². The quantitative estimate of drug-likeness (QED) is 0.426. The Morgan fingerprint density at radius 2 is 1.68 bits per heavy atom. The summed E-state index contributed by atoms with van der Waals surface area (Å²) < 4.78 is 65.0. The van der Waals surface area contributed by atoms with Crippen LogP contribution in [0, 0.1) is 0 Å². The Balaban J connectivity index is 2.19. The maximum absolute atomic E-state index is 13.2. The topological polar surface area (TPSA) is 86.8 Å². The lowest BCUT2D eigenvalue weighted by atomic mass is 10.1. The summed E-state index contributed by atoms with van der Waals surface area (Å²) in [5.74, 6) is -0.673. The Hall–Kier alpha value is -3.08. The first-order valence-corrected chi connectivity index (χ1v) is 13.9. The predicted molar refractivity (Wildman–Crippen MR) is 137 cm³/mol. The number of amides is 2. The molecule has 0 fully saturated rings. The number of hydrogen-bond donors (Lipinski definition) is 1. The third kappa shape index (κ3) is 9.07. The lowest BCUT2D eigenvalue weighted by Crippen LogP contribution is -2.49. The number of carbonyl (C=O) groups is 2. The third-order valence-electron chi connectivity index (χ3n) is 5.98. The molecular weight excluding hydrogens is 507 g/mol. The van der Waals surface area contributed by atoms with Crippen molar-refractivity contribution < 1.29 is 31.2 Å². The smallest absolute Gasteiger partial charge is 0.352 e. The van der Waals surface area contributed by atoms with Gasteiger partial charge in [0.2, 0.25) is 21.8 Å². The van der Waals surface area contributed by atoms with E-state index in [1.807, 2.05) is 44.2 Å². The summed E-state index contributed by atoms with van der Waals surface area (Å²) in [5.41, 5.74) is -0.280. The highest BCUT2D eigenvalue weighted by molar-refractivity contribution is 7.92. The van der Waals surface area contributed by atoms with Crippen LogP contribution in [0.4, 0.5) is 18.9 Å². The van der Waals surface area contributed by atoms with Gasteiger partial charge in [-0.1, -0.05) is 43.3 Å². The highest BCUT2D eigenvalue weighted by Gasteiger charge is 2.32. The Bertz CT molecular complexity index is 1160. The van der Waals surface area contributed by atoms with Crippen molar-refractivity contribution in [2.45, 2.75) is 64.8 Å². The van der Waals surface area contributed by atoms with E-state index in [4.69, 9.17) is 0 Å². The maximum atomic E-state index is 13.2. The number of hydrogen-bond acceptors (Lipinski definition) is 4. The molecular formula is C26H34F3N3O4S. The Labute approximate surface area is 216 Å². The molecule has 0 radical (unpaired) electrons. The van der Waals surface area contributed by atoms with E-state index in [9.17, 15) is 31.2 Å². The average Bonchev–Trinajstić information content (AvgIpc) is 2.83. The number of rotatable bonds is 12. The van der Waals surface area contributed by atoms with Gasteiger partial charge in [-0.05, 0) is 50.5 Å². The Morgan fingerprint density at radius 1 is 1.03 bits per heavy atom. The molecule has 1 N–H and O–H groups in total. The first kappa shape index (κ1) is 30.1. The van der Waals surface area contributed by atoms with Gasteiger partial charge in [-0.2, -0.15) is 13.2 Å². The molecule has 2 atom stereocenters. The number of halogens is 3. The molecule has 204 valence electrons. The van der Waals surface area contributed by atoms with Crippen LogP contribution in [-0.4, -0.2) is 50.0 Å². The van der Waals surface area contributed by atoms with Crippen LogP contribution < -0.4 is 9.62 Å². The lowest BCUT2D eigenvalue weighted by molar-refractivity contribution is -0.140. The molecule has 0 aliphatic rings. The van der Waals surface area contributed by atoms with Crippen LogP contribution in [0.1, 0.15) is 51.2 Å². The molecule has 0 heterocycles. The fourth-order valence-electron chi connectivity index (χ4n) is 3.67. The van der Waals surface area contributed by atoms with Gasteiger partial charge < -0.3 is 10.2 Å². The minimum absolute atomic E-state index is 0.0488. The number of nitrogens with zero attached hydrogens (tertiary/aromatic N) is 2. The van der Waals surface area contributed by atoms with E-state index in [1.54, 1.807) is 6.92 Å². The van der Waals surface area contributed by atoms with Crippen LogP contribution in [0.2, 0.25) is 0 Å². The zero-order valence-electron chi connectivity index (χ0n) is 21.5. The highest BCUT2D eigenvalue weighted by Crippen LogP contribution is 2.32. The molecule has 11 heteroatoms. The lowest BCUT2D eigenvalue weighted by Gasteiger charge is -2.30. The van der Waals surface area contributed by atoms with Crippen molar-refractivity contribution in [3.63, 3.8) is 0 Å². The van der Waals surface area contributed by atoms with Gasteiger partial charge in [-0.3, -0.25) is 13.9 Å². The summed E-state index contributed by atoms with van der Waals surface area (Å²) in [5, 5.41) is 2.87. The largest absolute Gasteiger partial charge is 0.416 e. The van der Waals surface area contributed by atoms with Crippen LogP contribution in [0.25, 0.3) is 0 Å². The van der Waals surface area contributed by atoms with E-state index in [0.717, 1.165) is 40.7 Å². The molecule has 0 bridgehead atoms. The summed E-state index contributed by atoms with van der Waals surface area (Å²) in [6.45, 7) is 5.41. The monoisotopic (exact) mass is 541 g/mol. The maximum Gasteiger partial charge on any atom is 0.416 e. The zero-order chi connectivity index (χ0) is 27.8. The summed E-state index contributed by atoms with van der Waals surface area (Å²) >= 11 is 0. The van der Waals surface area contributed by atoms with Gasteiger partial charge in [0.1, 0.15) is 6.04 Å². The number of anilines is 1. The molecule has 0 saturated heterocycles. The first-order valence-electron chi connectivity index (χ1n) is 12.0. The van der Waals surface area contributed by atoms with Crippen molar-refractivity contribution in [3.05, 3.63) is 65.7 Å². The summed E-state index contributed by atoms with van der Waals surface area (Å²) in [6.07, 6.45) is -3.05. The molecule has 37 heavy (non-hydrogen) atoms. The van der Waals surface area contributed by atoms with Gasteiger partial charge in [0.05, 0.1) is 17.5 Å². The second-order valence-electron chi connectivity index (χ2n) is 8.99. The van der Waals surface area contributed by atoms with E-state index in [0.29, 0.717) is 0 Å². The average molecular weight is 542 g/mol. The molecule has 0 aliphatic carbocycles. The van der Waals surface area contributed by atoms with E-state index in [-0.39, 0.29) is 49.5 Å². The minimum Gasteiger partial charge on any atom is -0.352 e. The van der Waals surface area contributed by atoms with Crippen LogP contribution in [0.3, 0.4) is 0 Å². The molecule has 0 aromatic heterocycles. The van der Waals surface area contributed by atoms with E-state index < -0.39 is 27.8 Å². The summed E-state index contributed by atoms with van der Waals surface area (Å²) in [6, 6.07) is 12.3. The van der Waals surface area contributed by atoms with Crippen molar-refractivity contribution in [2.75, 3.05) is 17.1 Å².